The van der Waals surface area contributed by atoms with Crippen LogP contribution in [0.15, 0.2) is 55.0 Å². The number of fused-ring (bicyclic) bond motifs is 1. The van der Waals surface area contributed by atoms with E-state index >= 15 is 0 Å². The molecule has 1 aromatic carbocycles. The summed E-state index contributed by atoms with van der Waals surface area (Å²) in [4.78, 5) is 43.4. The number of hydrogen-bond donors (Lipinski definition) is 1. The molecule has 3 heterocycles. The molecule has 8 nitrogen and oxygen atoms in total. The van der Waals surface area contributed by atoms with Gasteiger partial charge in [-0.1, -0.05) is 13.3 Å². The SMILES string of the molecule is CCCCN1C(=O)c2ccc(C(=O)Nc3cccnc3-n3cccn3)cc2C1=O. The molecule has 1 aliphatic rings. The van der Waals surface area contributed by atoms with Crippen molar-refractivity contribution in [2.75, 3.05) is 11.9 Å². The van der Waals surface area contributed by atoms with E-state index in [2.05, 4.69) is 15.4 Å². The summed E-state index contributed by atoms with van der Waals surface area (Å²) in [5.41, 5.74) is 1.37. The molecule has 0 spiro atoms. The van der Waals surface area contributed by atoms with Crippen LogP contribution in [0.2, 0.25) is 0 Å². The average molecular weight is 389 g/mol. The second kappa shape index (κ2) is 7.67. The maximum absolute atomic E-state index is 12.8. The molecule has 2 aromatic heterocycles. The summed E-state index contributed by atoms with van der Waals surface area (Å²) in [6.07, 6.45) is 6.58. The zero-order valence-corrected chi connectivity index (χ0v) is 15.8. The Hall–Kier alpha value is -3.81. The summed E-state index contributed by atoms with van der Waals surface area (Å²) in [5, 5.41) is 6.95. The molecule has 1 aliphatic heterocycles. The fourth-order valence-corrected chi connectivity index (χ4v) is 3.22. The van der Waals surface area contributed by atoms with Crippen molar-refractivity contribution in [3.63, 3.8) is 0 Å². The van der Waals surface area contributed by atoms with Crippen molar-refractivity contribution < 1.29 is 14.4 Å². The highest BCUT2D eigenvalue weighted by molar-refractivity contribution is 6.22. The number of carbonyl (C=O) groups is 3. The topological polar surface area (TPSA) is 97.2 Å². The molecule has 0 aliphatic carbocycles. The summed E-state index contributed by atoms with van der Waals surface area (Å²) in [5.74, 6) is -0.587. The largest absolute Gasteiger partial charge is 0.319 e. The Bertz CT molecular complexity index is 1090. The number of carbonyl (C=O) groups excluding carboxylic acids is 3. The van der Waals surface area contributed by atoms with Crippen molar-refractivity contribution in [2.45, 2.75) is 19.8 Å². The minimum absolute atomic E-state index is 0.261. The monoisotopic (exact) mass is 389 g/mol. The number of nitrogens with one attached hydrogen (secondary N) is 1. The molecule has 3 amide bonds. The van der Waals surface area contributed by atoms with Crippen molar-refractivity contribution in [3.8, 4) is 5.82 Å². The second-order valence-electron chi connectivity index (χ2n) is 6.66. The van der Waals surface area contributed by atoms with E-state index in [-0.39, 0.29) is 22.9 Å². The van der Waals surface area contributed by atoms with Gasteiger partial charge < -0.3 is 5.32 Å². The molecule has 0 radical (unpaired) electrons. The maximum Gasteiger partial charge on any atom is 0.261 e. The third-order valence-corrected chi connectivity index (χ3v) is 4.72. The van der Waals surface area contributed by atoms with E-state index in [1.54, 1.807) is 47.5 Å². The molecule has 0 saturated carbocycles. The number of pyridine rings is 1. The number of anilines is 1. The van der Waals surface area contributed by atoms with Crippen molar-refractivity contribution in [1.82, 2.24) is 19.7 Å². The van der Waals surface area contributed by atoms with Crippen molar-refractivity contribution in [1.29, 1.82) is 0 Å². The van der Waals surface area contributed by atoms with E-state index in [0.717, 1.165) is 12.8 Å². The average Bonchev–Trinajstić information content (AvgIpc) is 3.35. The summed E-state index contributed by atoms with van der Waals surface area (Å²) < 4.78 is 1.55. The van der Waals surface area contributed by atoms with Crippen LogP contribution in [-0.4, -0.2) is 43.9 Å². The summed E-state index contributed by atoms with van der Waals surface area (Å²) >= 11 is 0. The van der Waals surface area contributed by atoms with E-state index in [1.807, 2.05) is 6.92 Å². The van der Waals surface area contributed by atoms with E-state index in [4.69, 9.17) is 0 Å². The van der Waals surface area contributed by atoms with Gasteiger partial charge in [0.05, 0.1) is 16.8 Å². The number of unbranched alkanes of at least 4 members (excludes halogenated alkanes) is 1. The van der Waals surface area contributed by atoms with Gasteiger partial charge in [0.15, 0.2) is 5.82 Å². The molecule has 0 fully saturated rings. The standard InChI is InChI=1S/C21H19N5O3/c1-2-3-11-25-20(28)15-8-7-14(13-16(15)21(25)29)19(27)24-17-6-4-9-22-18(17)26-12-5-10-23-26/h4-10,12-13H,2-3,11H2,1H3,(H,24,27). The number of benzene rings is 1. The number of nitrogens with zero attached hydrogens (tertiary/aromatic N) is 4. The highest BCUT2D eigenvalue weighted by Gasteiger charge is 2.35. The Morgan fingerprint density at radius 3 is 2.66 bits per heavy atom. The number of amides is 3. The van der Waals surface area contributed by atoms with E-state index in [1.165, 1.54) is 17.0 Å². The third-order valence-electron chi connectivity index (χ3n) is 4.72. The van der Waals surface area contributed by atoms with Gasteiger partial charge in [0.25, 0.3) is 17.7 Å². The Labute approximate surface area is 167 Å². The van der Waals surface area contributed by atoms with Crippen LogP contribution in [0.1, 0.15) is 50.8 Å². The Morgan fingerprint density at radius 1 is 1.07 bits per heavy atom. The predicted molar refractivity (Wildman–Crippen MR) is 106 cm³/mol. The normalized spacial score (nSPS) is 12.9. The zero-order valence-electron chi connectivity index (χ0n) is 15.8. The van der Waals surface area contributed by atoms with Crippen LogP contribution in [0.25, 0.3) is 5.82 Å². The van der Waals surface area contributed by atoms with Crippen LogP contribution in [0, 0.1) is 0 Å². The molecule has 146 valence electrons. The van der Waals surface area contributed by atoms with Gasteiger partial charge in [0.2, 0.25) is 0 Å². The molecule has 0 unspecified atom stereocenters. The number of aromatic nitrogens is 3. The zero-order chi connectivity index (χ0) is 20.4. The minimum Gasteiger partial charge on any atom is -0.319 e. The Balaban J connectivity index is 1.59. The molecular weight excluding hydrogens is 370 g/mol. The van der Waals surface area contributed by atoms with Crippen LogP contribution in [-0.2, 0) is 0 Å². The highest BCUT2D eigenvalue weighted by Crippen LogP contribution is 2.25. The molecule has 0 bridgehead atoms. The smallest absolute Gasteiger partial charge is 0.261 e. The van der Waals surface area contributed by atoms with Crippen LogP contribution < -0.4 is 5.32 Å². The van der Waals surface area contributed by atoms with Crippen LogP contribution in [0.3, 0.4) is 0 Å². The van der Waals surface area contributed by atoms with E-state index in [9.17, 15) is 14.4 Å². The van der Waals surface area contributed by atoms with Gasteiger partial charge >= 0.3 is 0 Å². The molecule has 0 atom stereocenters. The van der Waals surface area contributed by atoms with Gasteiger partial charge in [-0.05, 0) is 42.8 Å². The van der Waals surface area contributed by atoms with Crippen molar-refractivity contribution >= 4 is 23.4 Å². The third kappa shape index (κ3) is 3.40. The van der Waals surface area contributed by atoms with Crippen LogP contribution in [0.5, 0.6) is 0 Å². The summed E-state index contributed by atoms with van der Waals surface area (Å²) in [6.45, 7) is 2.38. The lowest BCUT2D eigenvalue weighted by atomic mass is 10.1. The second-order valence-corrected chi connectivity index (χ2v) is 6.66. The maximum atomic E-state index is 12.8. The molecular formula is C21H19N5O3. The molecule has 29 heavy (non-hydrogen) atoms. The molecule has 3 aromatic rings. The fraction of sp³-hybridized carbons (Fsp3) is 0.190. The molecule has 8 heteroatoms. The number of hydrogen-bond acceptors (Lipinski definition) is 5. The number of rotatable bonds is 6. The van der Waals surface area contributed by atoms with Gasteiger partial charge in [-0.2, -0.15) is 5.10 Å². The van der Waals surface area contributed by atoms with Crippen molar-refractivity contribution in [2.24, 2.45) is 0 Å². The first-order valence-corrected chi connectivity index (χ1v) is 9.36. The van der Waals surface area contributed by atoms with Gasteiger partial charge in [0, 0.05) is 30.7 Å². The van der Waals surface area contributed by atoms with E-state index < -0.39 is 5.91 Å². The number of imide groups is 1. The highest BCUT2D eigenvalue weighted by atomic mass is 16.2. The van der Waals surface area contributed by atoms with Gasteiger partial charge in [-0.15, -0.1) is 0 Å². The fourth-order valence-electron chi connectivity index (χ4n) is 3.22. The lowest BCUT2D eigenvalue weighted by Crippen LogP contribution is -2.30. The predicted octanol–water partition coefficient (Wildman–Crippen LogP) is 2.92. The Kier molecular flexibility index (Phi) is 4.90. The summed E-state index contributed by atoms with van der Waals surface area (Å²) in [7, 11) is 0. The first kappa shape index (κ1) is 18.5. The Morgan fingerprint density at radius 2 is 1.90 bits per heavy atom. The van der Waals surface area contributed by atoms with Crippen LogP contribution in [0.4, 0.5) is 5.69 Å². The molecule has 0 saturated heterocycles. The van der Waals surface area contributed by atoms with Crippen molar-refractivity contribution in [3.05, 3.63) is 71.7 Å². The first-order chi connectivity index (χ1) is 14.1. The molecule has 1 N–H and O–H groups in total. The van der Waals surface area contributed by atoms with Gasteiger partial charge in [-0.25, -0.2) is 9.67 Å². The van der Waals surface area contributed by atoms with Gasteiger partial charge in [-0.3, -0.25) is 19.3 Å². The van der Waals surface area contributed by atoms with E-state index in [0.29, 0.717) is 23.6 Å². The lowest BCUT2D eigenvalue weighted by molar-refractivity contribution is 0.0652. The minimum atomic E-state index is -0.401. The summed E-state index contributed by atoms with van der Waals surface area (Å²) in [6, 6.07) is 9.74. The lowest BCUT2D eigenvalue weighted by Gasteiger charge is -2.12. The van der Waals surface area contributed by atoms with Gasteiger partial charge in [0.1, 0.15) is 0 Å². The van der Waals surface area contributed by atoms with Crippen LogP contribution >= 0.6 is 0 Å². The first-order valence-electron chi connectivity index (χ1n) is 9.36. The molecule has 4 rings (SSSR count). The quantitative estimate of drug-likeness (QED) is 0.654.